The van der Waals surface area contributed by atoms with Gasteiger partial charge in [-0.1, -0.05) is 0 Å². The van der Waals surface area contributed by atoms with E-state index >= 15 is 0 Å². The van der Waals surface area contributed by atoms with Crippen LogP contribution in [0.1, 0.15) is 34.6 Å². The smallest absolute Gasteiger partial charge is 0.134 e. The Kier molecular flexibility index (Phi) is 1.62. The molecule has 0 aromatic heterocycles. The lowest BCUT2D eigenvalue weighted by atomic mass is 10.0. The van der Waals surface area contributed by atoms with Crippen molar-refractivity contribution in [2.45, 2.75) is 45.8 Å². The summed E-state index contributed by atoms with van der Waals surface area (Å²) in [6.45, 7) is 9.36. The van der Waals surface area contributed by atoms with Gasteiger partial charge in [0.05, 0.1) is 5.54 Å². The van der Waals surface area contributed by atoms with Crippen molar-refractivity contribution in [1.82, 2.24) is 5.06 Å². The van der Waals surface area contributed by atoms with E-state index in [0.717, 1.165) is 10.8 Å². The Morgan fingerprint density at radius 3 is 1.82 bits per heavy atom. The van der Waals surface area contributed by atoms with Crippen LogP contribution in [0.3, 0.4) is 0 Å². The highest BCUT2D eigenvalue weighted by atomic mass is 16.5. The standard InChI is InChI=1S/C8H15N2O/c1-6-7(2,3)10(11)8(4,5)9-6/h1-5H3. The lowest BCUT2D eigenvalue weighted by molar-refractivity contribution is -0.241. The van der Waals surface area contributed by atoms with Gasteiger partial charge in [0, 0.05) is 5.71 Å². The van der Waals surface area contributed by atoms with Gasteiger partial charge in [0.2, 0.25) is 0 Å². The summed E-state index contributed by atoms with van der Waals surface area (Å²) < 4.78 is 0. The zero-order valence-electron chi connectivity index (χ0n) is 7.80. The number of nitrogens with zero attached hydrogens (tertiary/aromatic N) is 2. The van der Waals surface area contributed by atoms with Gasteiger partial charge in [-0.15, -0.1) is 10.3 Å². The Morgan fingerprint density at radius 1 is 1.27 bits per heavy atom. The Balaban J connectivity index is 3.04. The van der Waals surface area contributed by atoms with Crippen LogP contribution in [-0.2, 0) is 5.21 Å². The van der Waals surface area contributed by atoms with Gasteiger partial charge in [-0.3, -0.25) is 4.99 Å². The molecular weight excluding hydrogens is 140 g/mol. The lowest BCUT2D eigenvalue weighted by Crippen LogP contribution is -2.48. The molecule has 1 rings (SSSR count). The average molecular weight is 155 g/mol. The van der Waals surface area contributed by atoms with E-state index < -0.39 is 11.2 Å². The Bertz CT molecular complexity index is 206. The summed E-state index contributed by atoms with van der Waals surface area (Å²) in [4.78, 5) is 4.28. The summed E-state index contributed by atoms with van der Waals surface area (Å²) in [7, 11) is 0. The quantitative estimate of drug-likeness (QED) is 0.523. The first kappa shape index (κ1) is 8.68. The molecule has 0 fully saturated rings. The first-order chi connectivity index (χ1) is 4.78. The molecule has 1 aliphatic heterocycles. The third kappa shape index (κ3) is 1.08. The average Bonchev–Trinajstić information content (AvgIpc) is 1.94. The van der Waals surface area contributed by atoms with Gasteiger partial charge in [-0.05, 0) is 34.6 Å². The van der Waals surface area contributed by atoms with Gasteiger partial charge in [0.15, 0.2) is 0 Å². The van der Waals surface area contributed by atoms with E-state index in [4.69, 9.17) is 0 Å². The SMILES string of the molecule is CC1=NC(C)(C)N([O])C1(C)C. The number of hydrogen-bond acceptors (Lipinski definition) is 2. The van der Waals surface area contributed by atoms with Gasteiger partial charge >= 0.3 is 0 Å². The molecule has 1 radical (unpaired) electrons. The van der Waals surface area contributed by atoms with E-state index in [1.54, 1.807) is 0 Å². The second kappa shape index (κ2) is 2.05. The van der Waals surface area contributed by atoms with Gasteiger partial charge in [0.1, 0.15) is 5.66 Å². The Morgan fingerprint density at radius 2 is 1.73 bits per heavy atom. The summed E-state index contributed by atoms with van der Waals surface area (Å²) in [5.41, 5.74) is -0.0885. The molecule has 3 nitrogen and oxygen atoms in total. The molecule has 0 aromatic carbocycles. The number of hydroxylamine groups is 2. The predicted octanol–water partition coefficient (Wildman–Crippen LogP) is 1.62. The Hall–Kier alpha value is -0.410. The van der Waals surface area contributed by atoms with Crippen LogP contribution >= 0.6 is 0 Å². The van der Waals surface area contributed by atoms with Crippen molar-refractivity contribution in [2.24, 2.45) is 4.99 Å². The maximum atomic E-state index is 11.6. The van der Waals surface area contributed by atoms with E-state index in [1.807, 2.05) is 34.6 Å². The number of hydrogen-bond donors (Lipinski definition) is 0. The van der Waals surface area contributed by atoms with Crippen LogP contribution in [0, 0.1) is 0 Å². The van der Waals surface area contributed by atoms with E-state index in [2.05, 4.69) is 4.99 Å². The van der Waals surface area contributed by atoms with Crippen LogP contribution < -0.4 is 0 Å². The first-order valence-electron chi connectivity index (χ1n) is 3.83. The monoisotopic (exact) mass is 155 g/mol. The minimum Gasteiger partial charge on any atom is -0.268 e. The van der Waals surface area contributed by atoms with Gasteiger partial charge in [-0.2, -0.15) is 0 Å². The molecular formula is C8H15N2O. The molecule has 63 valence electrons. The largest absolute Gasteiger partial charge is 0.268 e. The molecule has 0 atom stereocenters. The third-order valence-corrected chi connectivity index (χ3v) is 2.33. The highest BCUT2D eigenvalue weighted by Gasteiger charge is 2.46. The van der Waals surface area contributed by atoms with Crippen molar-refractivity contribution in [3.8, 4) is 0 Å². The van der Waals surface area contributed by atoms with Crippen molar-refractivity contribution >= 4 is 5.71 Å². The van der Waals surface area contributed by atoms with E-state index in [1.165, 1.54) is 0 Å². The minimum absolute atomic E-state index is 0.427. The first-order valence-corrected chi connectivity index (χ1v) is 3.83. The van der Waals surface area contributed by atoms with E-state index in [0.29, 0.717) is 0 Å². The number of aliphatic imine (C=N–C) groups is 1. The molecule has 0 N–H and O–H groups in total. The molecule has 1 heterocycles. The van der Waals surface area contributed by atoms with Crippen molar-refractivity contribution < 1.29 is 5.21 Å². The summed E-state index contributed by atoms with van der Waals surface area (Å²) in [5, 5.41) is 12.6. The molecule has 0 amide bonds. The van der Waals surface area contributed by atoms with E-state index in [9.17, 15) is 5.21 Å². The fourth-order valence-corrected chi connectivity index (χ4v) is 1.42. The molecule has 0 saturated heterocycles. The molecule has 0 unspecified atom stereocenters. The molecule has 0 spiro atoms. The molecule has 3 heteroatoms. The molecule has 0 bridgehead atoms. The molecule has 0 aromatic rings. The zero-order valence-corrected chi connectivity index (χ0v) is 7.80. The highest BCUT2D eigenvalue weighted by Crippen LogP contribution is 2.32. The topological polar surface area (TPSA) is 35.5 Å². The minimum atomic E-state index is -0.576. The summed E-state index contributed by atoms with van der Waals surface area (Å²) in [6.07, 6.45) is 0. The van der Waals surface area contributed by atoms with Gasteiger partial charge in [-0.25, -0.2) is 0 Å². The molecule has 0 aliphatic carbocycles. The van der Waals surface area contributed by atoms with Crippen molar-refractivity contribution in [1.29, 1.82) is 0 Å². The van der Waals surface area contributed by atoms with Crippen LogP contribution in [-0.4, -0.2) is 22.0 Å². The zero-order chi connectivity index (χ0) is 8.86. The third-order valence-electron chi connectivity index (χ3n) is 2.33. The Labute approximate surface area is 67.7 Å². The van der Waals surface area contributed by atoms with Crippen LogP contribution in [0.2, 0.25) is 0 Å². The summed E-state index contributed by atoms with van der Waals surface area (Å²) in [6, 6.07) is 0. The summed E-state index contributed by atoms with van der Waals surface area (Å²) >= 11 is 0. The normalized spacial score (nSPS) is 28.7. The van der Waals surface area contributed by atoms with Crippen LogP contribution in [0.5, 0.6) is 0 Å². The molecule has 1 aliphatic rings. The van der Waals surface area contributed by atoms with Crippen LogP contribution in [0.25, 0.3) is 0 Å². The van der Waals surface area contributed by atoms with Crippen molar-refractivity contribution in [3.05, 3.63) is 0 Å². The van der Waals surface area contributed by atoms with Crippen molar-refractivity contribution in [2.75, 3.05) is 0 Å². The van der Waals surface area contributed by atoms with E-state index in [-0.39, 0.29) is 0 Å². The van der Waals surface area contributed by atoms with Gasteiger partial charge in [0.25, 0.3) is 0 Å². The summed E-state index contributed by atoms with van der Waals surface area (Å²) in [5.74, 6) is 0. The van der Waals surface area contributed by atoms with Crippen LogP contribution in [0.15, 0.2) is 4.99 Å². The second-order valence-electron chi connectivity index (χ2n) is 4.05. The van der Waals surface area contributed by atoms with Gasteiger partial charge < -0.3 is 0 Å². The lowest BCUT2D eigenvalue weighted by Gasteiger charge is -2.30. The van der Waals surface area contributed by atoms with Crippen LogP contribution in [0.4, 0.5) is 0 Å². The number of rotatable bonds is 0. The molecule has 0 saturated carbocycles. The van der Waals surface area contributed by atoms with Crippen molar-refractivity contribution in [3.63, 3.8) is 0 Å². The molecule has 11 heavy (non-hydrogen) atoms. The fraction of sp³-hybridized carbons (Fsp3) is 0.875. The maximum Gasteiger partial charge on any atom is 0.134 e. The highest BCUT2D eigenvalue weighted by molar-refractivity contribution is 5.92. The fourth-order valence-electron chi connectivity index (χ4n) is 1.42. The second-order valence-corrected chi connectivity index (χ2v) is 4.05. The predicted molar refractivity (Wildman–Crippen MR) is 43.8 cm³/mol. The maximum absolute atomic E-state index is 11.6.